The Morgan fingerprint density at radius 1 is 1.58 bits per heavy atom. The van der Waals surface area contributed by atoms with Crippen LogP contribution in [0.4, 0.5) is 0 Å². The van der Waals surface area contributed by atoms with E-state index in [2.05, 4.69) is 14.9 Å². The summed E-state index contributed by atoms with van der Waals surface area (Å²) in [7, 11) is 1.70. The van der Waals surface area contributed by atoms with Gasteiger partial charge in [-0.2, -0.15) is 0 Å². The van der Waals surface area contributed by atoms with Gasteiger partial charge >= 0.3 is 0 Å². The number of hydrogen-bond acceptors (Lipinski definition) is 5. The fraction of sp³-hybridized carbons (Fsp3) is 0.714. The highest BCUT2D eigenvalue weighted by molar-refractivity contribution is 7.05. The maximum atomic E-state index is 4.90. The number of aromatic nitrogens is 2. The van der Waals surface area contributed by atoms with Crippen LogP contribution >= 0.6 is 11.5 Å². The second-order valence-electron chi connectivity index (χ2n) is 2.45. The van der Waals surface area contributed by atoms with Gasteiger partial charge in [0.25, 0.3) is 0 Å². The van der Waals surface area contributed by atoms with Gasteiger partial charge in [-0.15, -0.1) is 5.10 Å². The Morgan fingerprint density at radius 2 is 2.42 bits per heavy atom. The molecule has 0 amide bonds. The third-order valence-corrected chi connectivity index (χ3v) is 2.34. The van der Waals surface area contributed by atoms with Crippen molar-refractivity contribution in [1.29, 1.82) is 0 Å². The van der Waals surface area contributed by atoms with Gasteiger partial charge in [0.05, 0.1) is 17.2 Å². The molecule has 0 atom stereocenters. The van der Waals surface area contributed by atoms with Crippen LogP contribution < -0.4 is 5.32 Å². The van der Waals surface area contributed by atoms with Crippen LogP contribution in [0.1, 0.15) is 10.6 Å². The Kier molecular flexibility index (Phi) is 4.13. The third-order valence-electron chi connectivity index (χ3n) is 1.51. The first-order valence-electron chi connectivity index (χ1n) is 3.82. The summed E-state index contributed by atoms with van der Waals surface area (Å²) in [5, 5.41) is 7.15. The van der Waals surface area contributed by atoms with Crippen LogP contribution in [0.3, 0.4) is 0 Å². The molecule has 1 rings (SSSR count). The van der Waals surface area contributed by atoms with E-state index in [9.17, 15) is 0 Å². The molecule has 0 unspecified atom stereocenters. The Bertz CT molecular complexity index is 226. The summed E-state index contributed by atoms with van der Waals surface area (Å²) in [6.07, 6.45) is 0. The van der Waals surface area contributed by atoms with Crippen molar-refractivity contribution in [2.24, 2.45) is 0 Å². The highest BCUT2D eigenvalue weighted by Crippen LogP contribution is 2.07. The fourth-order valence-corrected chi connectivity index (χ4v) is 1.39. The Hall–Kier alpha value is -0.520. The van der Waals surface area contributed by atoms with Crippen molar-refractivity contribution < 1.29 is 4.74 Å². The molecule has 1 N–H and O–H groups in total. The molecule has 0 bridgehead atoms. The van der Waals surface area contributed by atoms with Crippen molar-refractivity contribution in [3.8, 4) is 0 Å². The van der Waals surface area contributed by atoms with Crippen LogP contribution in [-0.4, -0.2) is 29.8 Å². The lowest BCUT2D eigenvalue weighted by molar-refractivity contribution is 0.199. The predicted octanol–water partition coefficient (Wildman–Crippen LogP) is 0.583. The molecule has 0 saturated heterocycles. The summed E-state index contributed by atoms with van der Waals surface area (Å²) in [6.45, 7) is 4.42. The molecule has 0 spiro atoms. The molecule has 0 aliphatic heterocycles. The van der Waals surface area contributed by atoms with Crippen molar-refractivity contribution in [2.45, 2.75) is 13.5 Å². The number of hydrogen-bond donors (Lipinski definition) is 1. The molecule has 68 valence electrons. The van der Waals surface area contributed by atoms with Gasteiger partial charge in [0, 0.05) is 20.2 Å². The van der Waals surface area contributed by atoms with E-state index in [4.69, 9.17) is 4.74 Å². The molecule has 0 aliphatic carbocycles. The lowest BCUT2D eigenvalue weighted by atomic mass is 10.4. The number of aryl methyl sites for hydroxylation is 1. The maximum Gasteiger partial charge on any atom is 0.0769 e. The molecule has 0 radical (unpaired) electrons. The zero-order valence-corrected chi connectivity index (χ0v) is 8.15. The van der Waals surface area contributed by atoms with Crippen molar-refractivity contribution in [2.75, 3.05) is 20.3 Å². The smallest absolute Gasteiger partial charge is 0.0769 e. The Labute approximate surface area is 76.1 Å². The van der Waals surface area contributed by atoms with E-state index in [-0.39, 0.29) is 0 Å². The zero-order valence-electron chi connectivity index (χ0n) is 7.33. The van der Waals surface area contributed by atoms with E-state index in [1.165, 1.54) is 16.4 Å². The summed E-state index contributed by atoms with van der Waals surface area (Å²) >= 11 is 1.44. The van der Waals surface area contributed by atoms with E-state index >= 15 is 0 Å². The van der Waals surface area contributed by atoms with Gasteiger partial charge in [-0.3, -0.25) is 0 Å². The van der Waals surface area contributed by atoms with Crippen LogP contribution in [0, 0.1) is 6.92 Å². The largest absolute Gasteiger partial charge is 0.383 e. The van der Waals surface area contributed by atoms with Gasteiger partial charge < -0.3 is 10.1 Å². The second-order valence-corrected chi connectivity index (χ2v) is 3.29. The summed E-state index contributed by atoms with van der Waals surface area (Å²) in [5.41, 5.74) is 1.02. The average Bonchev–Trinajstić information content (AvgIpc) is 2.46. The van der Waals surface area contributed by atoms with Crippen molar-refractivity contribution in [3.63, 3.8) is 0 Å². The quantitative estimate of drug-likeness (QED) is 0.685. The van der Waals surface area contributed by atoms with Crippen LogP contribution in [-0.2, 0) is 11.3 Å². The first-order chi connectivity index (χ1) is 5.84. The third kappa shape index (κ3) is 2.84. The minimum atomic E-state index is 0.741. The van der Waals surface area contributed by atoms with Crippen LogP contribution in [0.25, 0.3) is 0 Å². The molecular formula is C7H13N3OS. The van der Waals surface area contributed by atoms with Gasteiger partial charge in [-0.05, 0) is 18.5 Å². The summed E-state index contributed by atoms with van der Waals surface area (Å²) in [6, 6.07) is 0. The zero-order chi connectivity index (χ0) is 8.81. The molecule has 5 heteroatoms. The first kappa shape index (κ1) is 9.57. The van der Waals surface area contributed by atoms with Crippen molar-refractivity contribution in [1.82, 2.24) is 14.9 Å². The van der Waals surface area contributed by atoms with E-state index < -0.39 is 0 Å². The van der Waals surface area contributed by atoms with E-state index in [0.717, 1.165) is 25.4 Å². The van der Waals surface area contributed by atoms with Gasteiger partial charge in [-0.1, -0.05) is 4.49 Å². The molecule has 1 aromatic rings. The Morgan fingerprint density at radius 3 is 3.00 bits per heavy atom. The van der Waals surface area contributed by atoms with Crippen LogP contribution in [0.2, 0.25) is 0 Å². The molecule has 12 heavy (non-hydrogen) atoms. The fourth-order valence-electron chi connectivity index (χ4n) is 0.789. The number of nitrogens with one attached hydrogen (secondary N) is 1. The monoisotopic (exact) mass is 187 g/mol. The molecule has 1 heterocycles. The molecule has 0 saturated carbocycles. The topological polar surface area (TPSA) is 47.0 Å². The van der Waals surface area contributed by atoms with Crippen LogP contribution in [0.5, 0.6) is 0 Å². The molecule has 0 aliphatic rings. The minimum absolute atomic E-state index is 0.741. The van der Waals surface area contributed by atoms with Gasteiger partial charge in [0.2, 0.25) is 0 Å². The molecule has 0 fully saturated rings. The summed E-state index contributed by atoms with van der Waals surface area (Å²) in [5.74, 6) is 0. The number of rotatable bonds is 5. The number of nitrogens with zero attached hydrogens (tertiary/aromatic N) is 2. The van der Waals surface area contributed by atoms with Gasteiger partial charge in [0.15, 0.2) is 0 Å². The standard InChI is InChI=1S/C7H13N3OS/c1-6-7(12-10-9-6)5-8-3-4-11-2/h8H,3-5H2,1-2H3. The van der Waals surface area contributed by atoms with Crippen molar-refractivity contribution >= 4 is 11.5 Å². The number of methoxy groups -OCH3 is 1. The van der Waals surface area contributed by atoms with Gasteiger partial charge in [-0.25, -0.2) is 0 Å². The van der Waals surface area contributed by atoms with Gasteiger partial charge in [0.1, 0.15) is 0 Å². The molecule has 1 aromatic heterocycles. The normalized spacial score (nSPS) is 10.5. The lowest BCUT2D eigenvalue weighted by Crippen LogP contribution is -2.18. The highest BCUT2D eigenvalue weighted by atomic mass is 32.1. The summed E-state index contributed by atoms with van der Waals surface area (Å²) < 4.78 is 8.74. The minimum Gasteiger partial charge on any atom is -0.383 e. The maximum absolute atomic E-state index is 4.90. The van der Waals surface area contributed by atoms with E-state index in [1.807, 2.05) is 6.92 Å². The lowest BCUT2D eigenvalue weighted by Gasteiger charge is -2.00. The van der Waals surface area contributed by atoms with E-state index in [0.29, 0.717) is 0 Å². The predicted molar refractivity (Wildman–Crippen MR) is 48.2 cm³/mol. The SMILES string of the molecule is COCCNCc1snnc1C. The average molecular weight is 187 g/mol. The summed E-state index contributed by atoms with van der Waals surface area (Å²) in [4.78, 5) is 1.20. The Balaban J connectivity index is 2.20. The molecular weight excluding hydrogens is 174 g/mol. The highest BCUT2D eigenvalue weighted by Gasteiger charge is 2.00. The first-order valence-corrected chi connectivity index (χ1v) is 4.59. The second kappa shape index (κ2) is 5.18. The number of ether oxygens (including phenoxy) is 1. The van der Waals surface area contributed by atoms with Crippen molar-refractivity contribution in [3.05, 3.63) is 10.6 Å². The van der Waals surface area contributed by atoms with Crippen LogP contribution in [0.15, 0.2) is 0 Å². The van der Waals surface area contributed by atoms with E-state index in [1.54, 1.807) is 7.11 Å². The molecule has 4 nitrogen and oxygen atoms in total. The molecule has 0 aromatic carbocycles.